The first-order valence-corrected chi connectivity index (χ1v) is 9.54. The van der Waals surface area contributed by atoms with Crippen molar-refractivity contribution in [2.75, 3.05) is 19.0 Å². The minimum Gasteiger partial charge on any atom is -0.497 e. The quantitative estimate of drug-likeness (QED) is 0.384. The molecule has 0 amide bonds. The predicted octanol–water partition coefficient (Wildman–Crippen LogP) is 4.25. The smallest absolute Gasteiger partial charge is 0.225 e. The summed E-state index contributed by atoms with van der Waals surface area (Å²) in [4.78, 5) is 8.48. The minimum absolute atomic E-state index is 0.0497. The highest BCUT2D eigenvalue weighted by Gasteiger charge is 2.12. The molecule has 0 fully saturated rings. The Bertz CT molecular complexity index is 668. The van der Waals surface area contributed by atoms with Gasteiger partial charge < -0.3 is 15.2 Å². The van der Waals surface area contributed by atoms with Crippen molar-refractivity contribution in [3.8, 4) is 5.75 Å². The lowest BCUT2D eigenvalue weighted by Crippen LogP contribution is -2.26. The van der Waals surface area contributed by atoms with Crippen molar-refractivity contribution >= 4 is 29.2 Å². The summed E-state index contributed by atoms with van der Waals surface area (Å²) >= 11 is 7.63. The van der Waals surface area contributed by atoms with Crippen molar-refractivity contribution < 1.29 is 9.84 Å². The zero-order valence-electron chi connectivity index (χ0n) is 14.7. The predicted molar refractivity (Wildman–Crippen MR) is 104 cm³/mol. The Balaban J connectivity index is 2.02. The Morgan fingerprint density at radius 2 is 1.96 bits per heavy atom. The van der Waals surface area contributed by atoms with Crippen molar-refractivity contribution in [2.24, 2.45) is 5.92 Å². The lowest BCUT2D eigenvalue weighted by Gasteiger charge is -2.19. The van der Waals surface area contributed by atoms with Gasteiger partial charge in [0.2, 0.25) is 5.28 Å². The summed E-state index contributed by atoms with van der Waals surface area (Å²) in [5, 5.41) is 13.7. The topological polar surface area (TPSA) is 67.3 Å². The largest absolute Gasteiger partial charge is 0.497 e. The van der Waals surface area contributed by atoms with E-state index in [1.807, 2.05) is 30.3 Å². The number of halogens is 1. The van der Waals surface area contributed by atoms with Gasteiger partial charge in [0.05, 0.1) is 19.8 Å². The number of nitrogens with one attached hydrogen (secondary N) is 1. The van der Waals surface area contributed by atoms with Gasteiger partial charge in [-0.3, -0.25) is 0 Å². The number of ether oxygens (including phenoxy) is 1. The Morgan fingerprint density at radius 1 is 1.24 bits per heavy atom. The molecule has 1 aromatic heterocycles. The van der Waals surface area contributed by atoms with Crippen LogP contribution in [0.25, 0.3) is 0 Å². The average Bonchev–Trinajstić information content (AvgIpc) is 2.59. The summed E-state index contributed by atoms with van der Waals surface area (Å²) in [5.74, 6) is 2.72. The zero-order chi connectivity index (χ0) is 18.2. The van der Waals surface area contributed by atoms with E-state index >= 15 is 0 Å². The number of aromatic nitrogens is 2. The van der Waals surface area contributed by atoms with Gasteiger partial charge >= 0.3 is 0 Å². The van der Waals surface area contributed by atoms with Crippen LogP contribution in [-0.4, -0.2) is 34.8 Å². The molecule has 0 unspecified atom stereocenters. The van der Waals surface area contributed by atoms with Crippen LogP contribution >= 0.6 is 23.4 Å². The van der Waals surface area contributed by atoms with Gasteiger partial charge in [0.1, 0.15) is 16.6 Å². The average molecular weight is 382 g/mol. The van der Waals surface area contributed by atoms with Gasteiger partial charge in [0.25, 0.3) is 0 Å². The first-order chi connectivity index (χ1) is 12.0. The van der Waals surface area contributed by atoms with E-state index in [0.29, 0.717) is 11.7 Å². The molecule has 2 rings (SSSR count). The summed E-state index contributed by atoms with van der Waals surface area (Å²) in [5.41, 5.74) is 1.17. The maximum atomic E-state index is 9.52. The van der Waals surface area contributed by atoms with E-state index in [1.54, 1.807) is 18.9 Å². The van der Waals surface area contributed by atoms with E-state index < -0.39 is 0 Å². The van der Waals surface area contributed by atoms with Crippen LogP contribution in [0.5, 0.6) is 5.75 Å². The molecule has 2 aromatic rings. The molecule has 25 heavy (non-hydrogen) atoms. The highest BCUT2D eigenvalue weighted by atomic mass is 35.5. The number of nitrogens with zero attached hydrogens (tertiary/aromatic N) is 2. The Kier molecular flexibility index (Phi) is 7.81. The Morgan fingerprint density at radius 3 is 2.56 bits per heavy atom. The third-order valence-electron chi connectivity index (χ3n) is 3.55. The number of benzene rings is 1. The van der Waals surface area contributed by atoms with Gasteiger partial charge in [0, 0.05) is 11.8 Å². The van der Waals surface area contributed by atoms with Gasteiger partial charge in [-0.15, -0.1) is 11.8 Å². The van der Waals surface area contributed by atoms with Gasteiger partial charge in [-0.2, -0.15) is 0 Å². The maximum absolute atomic E-state index is 9.52. The molecule has 2 N–H and O–H groups in total. The van der Waals surface area contributed by atoms with Crippen molar-refractivity contribution in [1.29, 1.82) is 0 Å². The van der Waals surface area contributed by atoms with Gasteiger partial charge in [0.15, 0.2) is 0 Å². The number of aliphatic hydroxyl groups excluding tert-OH is 1. The second-order valence-corrected chi connectivity index (χ2v) is 7.48. The number of methoxy groups -OCH3 is 1. The Labute approximate surface area is 158 Å². The number of anilines is 1. The fourth-order valence-corrected chi connectivity index (χ4v) is 3.47. The van der Waals surface area contributed by atoms with Crippen LogP contribution < -0.4 is 10.1 Å². The van der Waals surface area contributed by atoms with E-state index in [2.05, 4.69) is 29.1 Å². The molecule has 1 heterocycles. The molecule has 7 heteroatoms. The third kappa shape index (κ3) is 6.72. The van der Waals surface area contributed by atoms with Gasteiger partial charge in [-0.05, 0) is 41.6 Å². The molecule has 0 bridgehead atoms. The van der Waals surface area contributed by atoms with Gasteiger partial charge in [-0.1, -0.05) is 26.0 Å². The molecule has 0 spiro atoms. The highest BCUT2D eigenvalue weighted by Crippen LogP contribution is 2.25. The molecule has 0 aliphatic rings. The van der Waals surface area contributed by atoms with E-state index in [9.17, 15) is 5.11 Å². The first-order valence-electron chi connectivity index (χ1n) is 8.18. The monoisotopic (exact) mass is 381 g/mol. The van der Waals surface area contributed by atoms with Crippen LogP contribution in [0.4, 0.5) is 5.82 Å². The number of rotatable bonds is 9. The molecule has 0 radical (unpaired) electrons. The highest BCUT2D eigenvalue weighted by molar-refractivity contribution is 7.98. The van der Waals surface area contributed by atoms with Crippen molar-refractivity contribution in [1.82, 2.24) is 9.97 Å². The van der Waals surface area contributed by atoms with E-state index in [1.165, 1.54) is 5.56 Å². The lowest BCUT2D eigenvalue weighted by molar-refractivity contribution is 0.259. The molecular formula is C18H24ClN3O2S. The Hall–Kier alpha value is -1.50. The van der Waals surface area contributed by atoms with Crippen molar-refractivity contribution in [3.63, 3.8) is 0 Å². The van der Waals surface area contributed by atoms with Crippen molar-refractivity contribution in [2.45, 2.75) is 37.1 Å². The third-order valence-corrected chi connectivity index (χ3v) is 4.70. The van der Waals surface area contributed by atoms with Crippen molar-refractivity contribution in [3.05, 3.63) is 41.2 Å². The van der Waals surface area contributed by atoms with E-state index in [4.69, 9.17) is 16.3 Å². The van der Waals surface area contributed by atoms with Gasteiger partial charge in [-0.25, -0.2) is 9.97 Å². The zero-order valence-corrected chi connectivity index (χ0v) is 16.3. The normalized spacial score (nSPS) is 12.2. The summed E-state index contributed by atoms with van der Waals surface area (Å²) in [6, 6.07) is 9.74. The van der Waals surface area contributed by atoms with Crippen LogP contribution in [0.15, 0.2) is 35.4 Å². The number of aliphatic hydroxyl groups is 1. The SMILES string of the molecule is COc1ccc(CSc2cc(N[C@@H](CO)CC(C)C)nc(Cl)n2)cc1. The number of thioether (sulfide) groups is 1. The summed E-state index contributed by atoms with van der Waals surface area (Å²) < 4.78 is 5.16. The molecule has 0 aliphatic heterocycles. The second kappa shape index (κ2) is 9.85. The summed E-state index contributed by atoms with van der Waals surface area (Å²) in [7, 11) is 1.65. The van der Waals surface area contributed by atoms with Crippen LogP contribution in [0.2, 0.25) is 5.28 Å². The number of hydrogen-bond acceptors (Lipinski definition) is 6. The van der Waals surface area contributed by atoms with Crippen LogP contribution in [0, 0.1) is 5.92 Å². The molecule has 5 nitrogen and oxygen atoms in total. The lowest BCUT2D eigenvalue weighted by atomic mass is 10.0. The fraction of sp³-hybridized carbons (Fsp3) is 0.444. The fourth-order valence-electron chi connectivity index (χ4n) is 2.38. The van der Waals surface area contributed by atoms with E-state index in [0.717, 1.165) is 22.9 Å². The van der Waals surface area contributed by atoms with Crippen LogP contribution in [-0.2, 0) is 5.75 Å². The van der Waals surface area contributed by atoms with Crippen LogP contribution in [0.1, 0.15) is 25.8 Å². The summed E-state index contributed by atoms with van der Waals surface area (Å²) in [6.07, 6.45) is 0.854. The molecule has 0 saturated carbocycles. The molecule has 0 saturated heterocycles. The molecule has 0 aliphatic carbocycles. The molecule has 136 valence electrons. The molecule has 1 aromatic carbocycles. The molecular weight excluding hydrogens is 358 g/mol. The standard InChI is InChI=1S/C18H24ClN3O2S/c1-12(2)8-14(10-23)20-16-9-17(22-18(19)21-16)25-11-13-4-6-15(24-3)7-5-13/h4-7,9,12,14,23H,8,10-11H2,1-3H3,(H,20,21,22)/t14-/m1/s1. The maximum Gasteiger partial charge on any atom is 0.225 e. The second-order valence-electron chi connectivity index (χ2n) is 6.15. The van der Waals surface area contributed by atoms with Crippen LogP contribution in [0.3, 0.4) is 0 Å². The first kappa shape index (κ1) is 19.8. The van der Waals surface area contributed by atoms with E-state index in [-0.39, 0.29) is 17.9 Å². The summed E-state index contributed by atoms with van der Waals surface area (Å²) in [6.45, 7) is 4.29. The number of hydrogen-bond donors (Lipinski definition) is 2. The molecule has 1 atom stereocenters. The minimum atomic E-state index is -0.0506.